The van der Waals surface area contributed by atoms with Crippen LogP contribution >= 0.6 is 11.6 Å². The van der Waals surface area contributed by atoms with Crippen LogP contribution < -0.4 is 20.3 Å². The summed E-state index contributed by atoms with van der Waals surface area (Å²) in [4.78, 5) is 25.2. The number of primary sulfonamides is 1. The highest BCUT2D eigenvalue weighted by atomic mass is 35.5. The quantitative estimate of drug-likeness (QED) is 0.616. The molecule has 3 N–H and O–H groups in total. The minimum Gasteiger partial charge on any atom is -0.342 e. The molecule has 31 heavy (non-hydrogen) atoms. The van der Waals surface area contributed by atoms with Crippen molar-refractivity contribution >= 4 is 50.7 Å². The number of halogens is 1. The van der Waals surface area contributed by atoms with Crippen LogP contribution in [-0.4, -0.2) is 38.4 Å². The van der Waals surface area contributed by atoms with Crippen LogP contribution in [0.4, 0.5) is 23.1 Å². The van der Waals surface area contributed by atoms with Crippen molar-refractivity contribution in [3.63, 3.8) is 0 Å². The van der Waals surface area contributed by atoms with E-state index >= 15 is 0 Å². The Balaban J connectivity index is 1.68. The number of amides is 1. The normalized spacial score (nSPS) is 16.3. The van der Waals surface area contributed by atoms with Crippen LogP contribution in [0.1, 0.15) is 11.6 Å². The lowest BCUT2D eigenvalue weighted by molar-refractivity contribution is -0.120. The molecule has 0 aliphatic carbocycles. The van der Waals surface area contributed by atoms with E-state index in [0.717, 1.165) is 0 Å². The van der Waals surface area contributed by atoms with Crippen molar-refractivity contribution in [3.05, 3.63) is 65.3 Å². The number of carbonyl (C=O) groups is 1. The molecule has 0 radical (unpaired) electrons. The number of fused-ring (bicyclic) bond motifs is 1. The number of aromatic nitrogens is 2. The van der Waals surface area contributed by atoms with Crippen LogP contribution in [0.25, 0.3) is 0 Å². The fraction of sp³-hybridized carbons (Fsp3) is 0.150. The van der Waals surface area contributed by atoms with Crippen molar-refractivity contribution in [2.75, 3.05) is 29.2 Å². The number of likely N-dealkylation sites (N-methyl/N-ethyl adjacent to an activating group) is 2. The lowest BCUT2D eigenvalue weighted by Crippen LogP contribution is -2.45. The van der Waals surface area contributed by atoms with E-state index in [9.17, 15) is 13.2 Å². The molecule has 2 heterocycles. The maximum atomic E-state index is 13.0. The van der Waals surface area contributed by atoms with E-state index < -0.39 is 16.1 Å². The first-order valence-corrected chi connectivity index (χ1v) is 11.1. The molecule has 4 rings (SSSR count). The number of hydrogen-bond acceptors (Lipinski definition) is 7. The number of sulfonamides is 1. The Morgan fingerprint density at radius 3 is 2.42 bits per heavy atom. The molecule has 0 spiro atoms. The van der Waals surface area contributed by atoms with Crippen LogP contribution in [0.3, 0.4) is 0 Å². The number of nitrogens with zero attached hydrogens (tertiary/aromatic N) is 4. The van der Waals surface area contributed by atoms with Crippen LogP contribution in [0, 0.1) is 0 Å². The topological polar surface area (TPSA) is 122 Å². The third-order valence-electron chi connectivity index (χ3n) is 5.04. The first kappa shape index (κ1) is 21.0. The van der Waals surface area contributed by atoms with E-state index in [4.69, 9.17) is 16.7 Å². The van der Waals surface area contributed by atoms with Gasteiger partial charge in [-0.2, -0.15) is 4.98 Å². The van der Waals surface area contributed by atoms with Gasteiger partial charge >= 0.3 is 0 Å². The number of carbonyl (C=O) groups excluding carboxylic acids is 1. The number of nitrogens with one attached hydrogen (secondary N) is 1. The fourth-order valence-corrected chi connectivity index (χ4v) is 4.16. The molecule has 0 fully saturated rings. The maximum Gasteiger partial charge on any atom is 0.254 e. The van der Waals surface area contributed by atoms with Crippen LogP contribution in [0.5, 0.6) is 0 Å². The lowest BCUT2D eigenvalue weighted by atomic mass is 10.0. The molecule has 1 atom stereocenters. The Bertz CT molecular complexity index is 1270. The number of rotatable bonds is 4. The highest BCUT2D eigenvalue weighted by molar-refractivity contribution is 7.89. The number of anilines is 4. The van der Waals surface area contributed by atoms with E-state index in [-0.39, 0.29) is 16.8 Å². The highest BCUT2D eigenvalue weighted by Crippen LogP contribution is 2.40. The predicted octanol–water partition coefficient (Wildman–Crippen LogP) is 2.67. The summed E-state index contributed by atoms with van der Waals surface area (Å²) in [5, 5.41) is 8.65. The molecule has 1 aliphatic heterocycles. The third kappa shape index (κ3) is 3.92. The second-order valence-corrected chi connectivity index (χ2v) is 9.00. The Hall–Kier alpha value is -3.21. The van der Waals surface area contributed by atoms with Crippen molar-refractivity contribution in [1.29, 1.82) is 0 Å². The van der Waals surface area contributed by atoms with E-state index in [1.54, 1.807) is 43.4 Å². The summed E-state index contributed by atoms with van der Waals surface area (Å²) in [7, 11) is -0.333. The second-order valence-electron chi connectivity index (χ2n) is 7.03. The maximum absolute atomic E-state index is 13.0. The smallest absolute Gasteiger partial charge is 0.254 e. The third-order valence-corrected chi connectivity index (χ3v) is 6.31. The Morgan fingerprint density at radius 2 is 1.77 bits per heavy atom. The standard InChI is InChI=1S/C20H19ClN6O3S/c1-26-16-11-23-20(24-12-7-9-13(10-8-12)31(22,29)30)25-18(16)27(2)17(19(26)28)14-5-3-4-6-15(14)21/h3-11,17H,1-2H3,(H2,22,29,30)(H,23,24,25)/t17-/m1/s1. The van der Waals surface area contributed by atoms with E-state index in [2.05, 4.69) is 15.3 Å². The van der Waals surface area contributed by atoms with Gasteiger partial charge in [0.25, 0.3) is 5.91 Å². The van der Waals surface area contributed by atoms with Crippen LogP contribution in [0.15, 0.2) is 59.6 Å². The molecule has 0 saturated heterocycles. The minimum atomic E-state index is -3.77. The molecule has 0 saturated carbocycles. The Labute approximate surface area is 184 Å². The summed E-state index contributed by atoms with van der Waals surface area (Å²) in [6, 6.07) is 12.5. The van der Waals surface area contributed by atoms with Crippen molar-refractivity contribution in [1.82, 2.24) is 9.97 Å². The predicted molar refractivity (Wildman–Crippen MR) is 119 cm³/mol. The van der Waals surface area contributed by atoms with Gasteiger partial charge in [-0.15, -0.1) is 0 Å². The Kier molecular flexibility index (Phi) is 5.29. The molecule has 0 unspecified atom stereocenters. The lowest BCUT2D eigenvalue weighted by Gasteiger charge is -2.38. The molecule has 2 aromatic carbocycles. The molecule has 3 aromatic rings. The molecule has 160 valence electrons. The fourth-order valence-electron chi connectivity index (χ4n) is 3.41. The van der Waals surface area contributed by atoms with Gasteiger partial charge in [0.15, 0.2) is 5.82 Å². The monoisotopic (exact) mass is 458 g/mol. The zero-order valence-corrected chi connectivity index (χ0v) is 18.2. The van der Waals surface area contributed by atoms with Gasteiger partial charge in [0.2, 0.25) is 16.0 Å². The summed E-state index contributed by atoms with van der Waals surface area (Å²) in [5.74, 6) is 0.686. The Morgan fingerprint density at radius 1 is 1.10 bits per heavy atom. The average Bonchev–Trinajstić information content (AvgIpc) is 2.73. The van der Waals surface area contributed by atoms with Crippen molar-refractivity contribution in [3.8, 4) is 0 Å². The van der Waals surface area contributed by atoms with E-state index in [1.807, 2.05) is 18.2 Å². The first-order valence-electron chi connectivity index (χ1n) is 9.18. The first-order chi connectivity index (χ1) is 14.7. The molecule has 1 amide bonds. The second kappa shape index (κ2) is 7.80. The molecule has 0 bridgehead atoms. The summed E-state index contributed by atoms with van der Waals surface area (Å²) >= 11 is 6.35. The van der Waals surface area contributed by atoms with Crippen LogP contribution in [0.2, 0.25) is 5.02 Å². The molecule has 1 aliphatic rings. The van der Waals surface area contributed by atoms with E-state index in [1.165, 1.54) is 17.0 Å². The summed E-state index contributed by atoms with van der Waals surface area (Å²) < 4.78 is 22.8. The molecule has 9 nitrogen and oxygen atoms in total. The van der Waals surface area contributed by atoms with Gasteiger partial charge in [-0.05, 0) is 30.3 Å². The molecule has 1 aromatic heterocycles. The number of nitrogens with two attached hydrogens (primary N) is 1. The molecule has 11 heteroatoms. The minimum absolute atomic E-state index is 0.00635. The van der Waals surface area contributed by atoms with Gasteiger partial charge in [0.1, 0.15) is 11.7 Å². The van der Waals surface area contributed by atoms with Gasteiger partial charge in [-0.3, -0.25) is 4.79 Å². The number of benzene rings is 2. The van der Waals surface area contributed by atoms with Gasteiger partial charge in [0.05, 0.1) is 11.1 Å². The SMILES string of the molecule is CN1C(=O)[C@@H](c2ccccc2Cl)N(C)c2nc(Nc3ccc(S(N)(=O)=O)cc3)ncc21. The van der Waals surface area contributed by atoms with Gasteiger partial charge in [-0.1, -0.05) is 29.8 Å². The van der Waals surface area contributed by atoms with E-state index in [0.29, 0.717) is 27.8 Å². The van der Waals surface area contributed by atoms with Crippen molar-refractivity contribution < 1.29 is 13.2 Å². The van der Waals surface area contributed by atoms with Crippen LogP contribution in [-0.2, 0) is 14.8 Å². The summed E-state index contributed by atoms with van der Waals surface area (Å²) in [6.07, 6.45) is 1.56. The summed E-state index contributed by atoms with van der Waals surface area (Å²) in [6.45, 7) is 0. The highest BCUT2D eigenvalue weighted by Gasteiger charge is 2.38. The number of hydrogen-bond donors (Lipinski definition) is 2. The zero-order chi connectivity index (χ0) is 22.3. The average molecular weight is 459 g/mol. The van der Waals surface area contributed by atoms with Gasteiger partial charge < -0.3 is 15.1 Å². The summed E-state index contributed by atoms with van der Waals surface area (Å²) in [5.41, 5.74) is 1.82. The largest absolute Gasteiger partial charge is 0.342 e. The zero-order valence-electron chi connectivity index (χ0n) is 16.7. The van der Waals surface area contributed by atoms with Gasteiger partial charge in [-0.25, -0.2) is 18.5 Å². The van der Waals surface area contributed by atoms with Crippen molar-refractivity contribution in [2.24, 2.45) is 5.14 Å². The molecular weight excluding hydrogens is 440 g/mol. The van der Waals surface area contributed by atoms with Crippen molar-refractivity contribution in [2.45, 2.75) is 10.9 Å². The molecular formula is C20H19ClN6O3S. The van der Waals surface area contributed by atoms with Gasteiger partial charge in [0, 0.05) is 30.4 Å².